The van der Waals surface area contributed by atoms with Crippen LogP contribution >= 0.6 is 0 Å². The molecule has 2 aliphatic rings. The van der Waals surface area contributed by atoms with Crippen LogP contribution in [-0.4, -0.2) is 17.1 Å². The summed E-state index contributed by atoms with van der Waals surface area (Å²) in [6.45, 7) is 0. The second-order valence-electron chi connectivity index (χ2n) is 6.21. The maximum atomic E-state index is 8.83. The minimum atomic E-state index is 0.136. The molecule has 2 aliphatic carbocycles. The normalized spacial score (nSPS) is 30.6. The van der Waals surface area contributed by atoms with Crippen molar-refractivity contribution in [3.63, 3.8) is 0 Å². The third-order valence-corrected chi connectivity index (χ3v) is 4.90. The Morgan fingerprint density at radius 3 is 2.70 bits per heavy atom. The van der Waals surface area contributed by atoms with Gasteiger partial charge in [0.15, 0.2) is 0 Å². The van der Waals surface area contributed by atoms with Crippen molar-refractivity contribution in [2.45, 2.75) is 44.2 Å². The predicted octanol–water partition coefficient (Wildman–Crippen LogP) is 2.64. The van der Waals surface area contributed by atoms with Crippen molar-refractivity contribution in [1.82, 2.24) is 5.32 Å². The minimum absolute atomic E-state index is 0.136. The molecule has 20 heavy (non-hydrogen) atoms. The Morgan fingerprint density at radius 2 is 2.10 bits per heavy atom. The lowest BCUT2D eigenvalue weighted by Gasteiger charge is -2.29. The van der Waals surface area contributed by atoms with Crippen LogP contribution in [0.25, 0.3) is 0 Å². The van der Waals surface area contributed by atoms with Crippen molar-refractivity contribution in [3.05, 3.63) is 35.9 Å². The van der Waals surface area contributed by atoms with Crippen LogP contribution in [0.15, 0.2) is 35.5 Å². The fourth-order valence-corrected chi connectivity index (χ4v) is 3.92. The number of benzene rings is 1. The third kappa shape index (κ3) is 2.80. The molecule has 108 valence electrons. The number of amidine groups is 1. The van der Waals surface area contributed by atoms with Crippen molar-refractivity contribution in [3.8, 4) is 0 Å². The molecule has 4 nitrogen and oxygen atoms in total. The first-order valence-corrected chi connectivity index (χ1v) is 7.53. The van der Waals surface area contributed by atoms with Gasteiger partial charge in [-0.2, -0.15) is 0 Å². The molecular weight excluding hydrogens is 250 g/mol. The molecular formula is C16H23N3O. The second kappa shape index (κ2) is 5.83. The van der Waals surface area contributed by atoms with Gasteiger partial charge in [-0.05, 0) is 36.7 Å². The highest BCUT2D eigenvalue weighted by Gasteiger charge is 2.40. The third-order valence-electron chi connectivity index (χ3n) is 4.90. The van der Waals surface area contributed by atoms with Gasteiger partial charge in [0.25, 0.3) is 0 Å². The van der Waals surface area contributed by atoms with Gasteiger partial charge in [-0.1, -0.05) is 41.9 Å². The van der Waals surface area contributed by atoms with E-state index in [0.29, 0.717) is 12.5 Å². The highest BCUT2D eigenvalue weighted by Crippen LogP contribution is 2.45. The Morgan fingerprint density at radius 1 is 1.30 bits per heavy atom. The summed E-state index contributed by atoms with van der Waals surface area (Å²) in [5.74, 6) is 2.02. The van der Waals surface area contributed by atoms with Crippen LogP contribution in [-0.2, 0) is 0 Å². The average Bonchev–Trinajstić information content (AvgIpc) is 3.10. The van der Waals surface area contributed by atoms with Crippen LogP contribution in [0.1, 0.15) is 43.7 Å². The van der Waals surface area contributed by atoms with Gasteiger partial charge in [-0.3, -0.25) is 0 Å². The maximum Gasteiger partial charge on any atom is 0.141 e. The molecule has 0 aliphatic heterocycles. The molecule has 3 rings (SSSR count). The van der Waals surface area contributed by atoms with Gasteiger partial charge in [-0.15, -0.1) is 0 Å². The lowest BCUT2D eigenvalue weighted by Crippen LogP contribution is -2.38. The Hall–Kier alpha value is -1.55. The summed E-state index contributed by atoms with van der Waals surface area (Å²) in [5, 5.41) is 15.7. The van der Waals surface area contributed by atoms with E-state index < -0.39 is 0 Å². The quantitative estimate of drug-likeness (QED) is 0.334. The molecule has 0 radical (unpaired) electrons. The fourth-order valence-electron chi connectivity index (χ4n) is 3.92. The standard InChI is InChI=1S/C16H23N3O/c17-16(19-20)10-15(12-4-2-1-3-5-12)18-14-9-11-6-7-13(14)8-11/h1-5,11,13-15,18,20H,6-10H2,(H2,17,19). The van der Waals surface area contributed by atoms with Gasteiger partial charge in [0, 0.05) is 18.5 Å². The van der Waals surface area contributed by atoms with Crippen LogP contribution < -0.4 is 11.1 Å². The zero-order chi connectivity index (χ0) is 13.9. The molecule has 0 saturated heterocycles. The first-order chi connectivity index (χ1) is 9.76. The Balaban J connectivity index is 1.72. The monoisotopic (exact) mass is 273 g/mol. The largest absolute Gasteiger partial charge is 0.409 e. The van der Waals surface area contributed by atoms with Gasteiger partial charge >= 0.3 is 0 Å². The number of hydrogen-bond acceptors (Lipinski definition) is 3. The fraction of sp³-hybridized carbons (Fsp3) is 0.562. The van der Waals surface area contributed by atoms with Crippen molar-refractivity contribution in [1.29, 1.82) is 0 Å². The van der Waals surface area contributed by atoms with Crippen LogP contribution in [0.5, 0.6) is 0 Å². The summed E-state index contributed by atoms with van der Waals surface area (Å²) < 4.78 is 0. The van der Waals surface area contributed by atoms with Crippen molar-refractivity contribution in [2.24, 2.45) is 22.7 Å². The summed E-state index contributed by atoms with van der Waals surface area (Å²) in [5.41, 5.74) is 6.93. The summed E-state index contributed by atoms with van der Waals surface area (Å²) in [6.07, 6.45) is 5.97. The van der Waals surface area contributed by atoms with E-state index in [2.05, 4.69) is 22.6 Å². The number of rotatable bonds is 5. The first-order valence-electron chi connectivity index (χ1n) is 7.53. The molecule has 0 aromatic heterocycles. The molecule has 2 fully saturated rings. The van der Waals surface area contributed by atoms with Crippen LogP contribution in [0.3, 0.4) is 0 Å². The number of fused-ring (bicyclic) bond motifs is 2. The number of oxime groups is 1. The maximum absolute atomic E-state index is 8.83. The highest BCUT2D eigenvalue weighted by atomic mass is 16.4. The summed E-state index contributed by atoms with van der Waals surface area (Å²) in [6, 6.07) is 11.0. The molecule has 0 heterocycles. The number of nitrogens with zero attached hydrogens (tertiary/aromatic N) is 1. The SMILES string of the molecule is NC(CC(NC1CC2CCC1C2)c1ccccc1)=NO. The van der Waals surface area contributed by atoms with Gasteiger partial charge in [0.05, 0.1) is 0 Å². The van der Waals surface area contributed by atoms with E-state index in [0.717, 1.165) is 11.8 Å². The molecule has 2 saturated carbocycles. The average molecular weight is 273 g/mol. The molecule has 0 amide bonds. The topological polar surface area (TPSA) is 70.6 Å². The summed E-state index contributed by atoms with van der Waals surface area (Å²) >= 11 is 0. The molecule has 4 atom stereocenters. The van der Waals surface area contributed by atoms with Gasteiger partial charge in [0.1, 0.15) is 5.84 Å². The summed E-state index contributed by atoms with van der Waals surface area (Å²) in [7, 11) is 0. The van der Waals surface area contributed by atoms with Crippen molar-refractivity contribution < 1.29 is 5.21 Å². The lowest BCUT2D eigenvalue weighted by atomic mass is 9.93. The Labute approximate surface area is 120 Å². The Bertz CT molecular complexity index is 474. The van der Waals surface area contributed by atoms with Gasteiger partial charge in [-0.25, -0.2) is 0 Å². The van der Waals surface area contributed by atoms with Crippen LogP contribution in [0.2, 0.25) is 0 Å². The molecule has 4 N–H and O–H groups in total. The van der Waals surface area contributed by atoms with E-state index in [1.165, 1.54) is 31.2 Å². The zero-order valence-corrected chi connectivity index (χ0v) is 11.7. The van der Waals surface area contributed by atoms with Crippen LogP contribution in [0.4, 0.5) is 0 Å². The van der Waals surface area contributed by atoms with Crippen molar-refractivity contribution >= 4 is 5.84 Å². The predicted molar refractivity (Wildman–Crippen MR) is 79.6 cm³/mol. The number of hydrogen-bond donors (Lipinski definition) is 3. The van der Waals surface area contributed by atoms with E-state index in [1.807, 2.05) is 18.2 Å². The van der Waals surface area contributed by atoms with Crippen LogP contribution in [0, 0.1) is 11.8 Å². The lowest BCUT2D eigenvalue weighted by molar-refractivity contribution is 0.307. The molecule has 4 unspecified atom stereocenters. The molecule has 1 aromatic rings. The van der Waals surface area contributed by atoms with E-state index in [4.69, 9.17) is 10.9 Å². The molecule has 4 heteroatoms. The van der Waals surface area contributed by atoms with E-state index in [1.54, 1.807) is 0 Å². The molecule has 2 bridgehead atoms. The van der Waals surface area contributed by atoms with Gasteiger partial charge in [0.2, 0.25) is 0 Å². The molecule has 1 aromatic carbocycles. The second-order valence-corrected chi connectivity index (χ2v) is 6.21. The first kappa shape index (κ1) is 13.4. The van der Waals surface area contributed by atoms with Crippen molar-refractivity contribution in [2.75, 3.05) is 0 Å². The minimum Gasteiger partial charge on any atom is -0.409 e. The van der Waals surface area contributed by atoms with E-state index >= 15 is 0 Å². The summed E-state index contributed by atoms with van der Waals surface area (Å²) in [4.78, 5) is 0. The number of nitrogens with one attached hydrogen (secondary N) is 1. The highest BCUT2D eigenvalue weighted by molar-refractivity contribution is 5.80. The van der Waals surface area contributed by atoms with Gasteiger partial charge < -0.3 is 16.3 Å². The Kier molecular flexibility index (Phi) is 3.92. The zero-order valence-electron chi connectivity index (χ0n) is 11.7. The van der Waals surface area contributed by atoms with E-state index in [-0.39, 0.29) is 11.9 Å². The smallest absolute Gasteiger partial charge is 0.141 e. The van der Waals surface area contributed by atoms with E-state index in [9.17, 15) is 0 Å². The molecule has 0 spiro atoms. The number of nitrogens with two attached hydrogens (primary N) is 1.